The first kappa shape index (κ1) is 20.7. The minimum atomic E-state index is -0.853. The van der Waals surface area contributed by atoms with E-state index in [1.807, 2.05) is 31.2 Å². The highest BCUT2D eigenvalue weighted by atomic mass is 32.2. The number of carbonyl (C=O) groups is 2. The summed E-state index contributed by atoms with van der Waals surface area (Å²) in [5, 5.41) is 2.74. The summed E-state index contributed by atoms with van der Waals surface area (Å²) in [4.78, 5) is 26.3. The van der Waals surface area contributed by atoms with Crippen LogP contribution in [0.2, 0.25) is 0 Å². The zero-order valence-electron chi connectivity index (χ0n) is 15.5. The smallest absolute Gasteiger partial charge is 0.317 e. The number of nitrogens with one attached hydrogen (secondary N) is 1. The summed E-state index contributed by atoms with van der Waals surface area (Å²) in [5.74, 6) is 0.0681. The van der Waals surface area contributed by atoms with Crippen LogP contribution in [0.1, 0.15) is 32.3 Å². The van der Waals surface area contributed by atoms with Crippen molar-refractivity contribution in [3.8, 4) is 0 Å². The van der Waals surface area contributed by atoms with Crippen molar-refractivity contribution in [3.05, 3.63) is 29.8 Å². The van der Waals surface area contributed by atoms with Gasteiger partial charge >= 0.3 is 5.97 Å². The Morgan fingerprint density at radius 3 is 2.54 bits per heavy atom. The number of hydrogen-bond donors (Lipinski definition) is 1. The van der Waals surface area contributed by atoms with Crippen molar-refractivity contribution in [2.45, 2.75) is 39.7 Å². The summed E-state index contributed by atoms with van der Waals surface area (Å²) in [6.45, 7) is 7.67. The lowest BCUT2D eigenvalue weighted by Crippen LogP contribution is -2.36. The number of thioether (sulfide) groups is 1. The van der Waals surface area contributed by atoms with E-state index < -0.39 is 12.1 Å². The van der Waals surface area contributed by atoms with Gasteiger partial charge in [-0.3, -0.25) is 9.59 Å². The maximum absolute atomic E-state index is 12.1. The Balaban J connectivity index is 1.71. The van der Waals surface area contributed by atoms with Crippen LogP contribution in [0, 0.1) is 12.8 Å². The molecule has 0 aliphatic carbocycles. The zero-order chi connectivity index (χ0) is 19.1. The van der Waals surface area contributed by atoms with Crippen molar-refractivity contribution in [3.63, 3.8) is 0 Å². The van der Waals surface area contributed by atoms with E-state index >= 15 is 0 Å². The zero-order valence-corrected chi connectivity index (χ0v) is 17.1. The van der Waals surface area contributed by atoms with E-state index in [0.717, 1.165) is 41.7 Å². The Kier molecular flexibility index (Phi) is 7.90. The molecule has 1 aliphatic heterocycles. The standard InChI is InChI=1S/C19H26N2O3S2/c1-13-4-6-16(7-5-13)20-18(23)15(3)24-17(22)12-26-19(25)21-10-8-14(2)9-11-21/h4-7,14-15H,8-12H2,1-3H3,(H,20,23)/t15-/m1/s1. The monoisotopic (exact) mass is 394 g/mol. The molecule has 0 spiro atoms. The van der Waals surface area contributed by atoms with E-state index in [2.05, 4.69) is 17.1 Å². The van der Waals surface area contributed by atoms with Gasteiger partial charge in [0.15, 0.2) is 6.10 Å². The highest BCUT2D eigenvalue weighted by molar-refractivity contribution is 8.23. The Hall–Kier alpha value is -1.60. The predicted molar refractivity (Wildman–Crippen MR) is 110 cm³/mol. The molecule has 1 amide bonds. The van der Waals surface area contributed by atoms with Gasteiger partial charge in [-0.25, -0.2) is 0 Å². The molecule has 7 heteroatoms. The molecule has 26 heavy (non-hydrogen) atoms. The van der Waals surface area contributed by atoms with Gasteiger partial charge in [0.05, 0.1) is 5.75 Å². The second-order valence-corrected chi connectivity index (χ2v) is 8.32. The minimum absolute atomic E-state index is 0.118. The van der Waals surface area contributed by atoms with Crippen molar-refractivity contribution >= 4 is 45.9 Å². The topological polar surface area (TPSA) is 58.6 Å². The molecule has 142 valence electrons. The van der Waals surface area contributed by atoms with Crippen molar-refractivity contribution < 1.29 is 14.3 Å². The van der Waals surface area contributed by atoms with Crippen LogP contribution in [-0.4, -0.2) is 46.0 Å². The van der Waals surface area contributed by atoms with Gasteiger partial charge in [-0.05, 0) is 44.7 Å². The number of benzene rings is 1. The highest BCUT2D eigenvalue weighted by Gasteiger charge is 2.21. The molecule has 0 bridgehead atoms. The molecule has 1 heterocycles. The quantitative estimate of drug-likeness (QED) is 0.608. The van der Waals surface area contributed by atoms with Crippen LogP contribution in [0.5, 0.6) is 0 Å². The molecule has 1 aliphatic rings. The summed E-state index contributed by atoms with van der Waals surface area (Å²) in [6.07, 6.45) is 1.40. The van der Waals surface area contributed by atoms with Crippen LogP contribution in [-0.2, 0) is 14.3 Å². The number of aryl methyl sites for hydroxylation is 1. The average Bonchev–Trinajstić information content (AvgIpc) is 2.62. The fraction of sp³-hybridized carbons (Fsp3) is 0.526. The fourth-order valence-electron chi connectivity index (χ4n) is 2.57. The van der Waals surface area contributed by atoms with Gasteiger partial charge in [0.2, 0.25) is 0 Å². The first-order chi connectivity index (χ1) is 12.3. The maximum atomic E-state index is 12.1. The van der Waals surface area contributed by atoms with E-state index in [9.17, 15) is 9.59 Å². The molecule has 0 unspecified atom stereocenters. The van der Waals surface area contributed by atoms with Crippen LogP contribution in [0.3, 0.4) is 0 Å². The number of carbonyl (C=O) groups excluding carboxylic acids is 2. The number of ether oxygens (including phenoxy) is 1. The molecule has 2 rings (SSSR count). The summed E-state index contributed by atoms with van der Waals surface area (Å²) in [6, 6.07) is 7.45. The van der Waals surface area contributed by atoms with Crippen molar-refractivity contribution in [1.29, 1.82) is 0 Å². The van der Waals surface area contributed by atoms with E-state index in [-0.39, 0.29) is 11.7 Å². The highest BCUT2D eigenvalue weighted by Crippen LogP contribution is 2.20. The third-order valence-corrected chi connectivity index (χ3v) is 5.85. The van der Waals surface area contributed by atoms with Gasteiger partial charge < -0.3 is 15.0 Å². The van der Waals surface area contributed by atoms with Crippen LogP contribution < -0.4 is 5.32 Å². The molecule has 1 atom stereocenters. The van der Waals surface area contributed by atoms with Gasteiger partial charge in [0.25, 0.3) is 5.91 Å². The molecule has 1 fully saturated rings. The van der Waals surface area contributed by atoms with Crippen LogP contribution in [0.4, 0.5) is 5.69 Å². The van der Waals surface area contributed by atoms with Gasteiger partial charge in [-0.2, -0.15) is 0 Å². The van der Waals surface area contributed by atoms with E-state index in [0.29, 0.717) is 5.69 Å². The van der Waals surface area contributed by atoms with E-state index in [1.54, 1.807) is 6.92 Å². The maximum Gasteiger partial charge on any atom is 0.317 e. The minimum Gasteiger partial charge on any atom is -0.452 e. The number of rotatable bonds is 5. The average molecular weight is 395 g/mol. The molecule has 0 radical (unpaired) electrons. The molecule has 0 saturated carbocycles. The van der Waals surface area contributed by atoms with E-state index in [1.165, 1.54) is 11.8 Å². The molecule has 5 nitrogen and oxygen atoms in total. The third-order valence-electron chi connectivity index (χ3n) is 4.35. The first-order valence-electron chi connectivity index (χ1n) is 8.84. The third kappa shape index (κ3) is 6.61. The van der Waals surface area contributed by atoms with Crippen molar-refractivity contribution in [2.75, 3.05) is 24.2 Å². The van der Waals surface area contributed by atoms with Crippen molar-refractivity contribution in [2.24, 2.45) is 5.92 Å². The van der Waals surface area contributed by atoms with Crippen LogP contribution in [0.25, 0.3) is 0 Å². The summed E-state index contributed by atoms with van der Waals surface area (Å²) >= 11 is 6.70. The SMILES string of the molecule is Cc1ccc(NC(=O)[C@@H](C)OC(=O)CSC(=S)N2CCC(C)CC2)cc1. The lowest BCUT2D eigenvalue weighted by Gasteiger charge is -2.31. The number of nitrogens with zero attached hydrogens (tertiary/aromatic N) is 1. The Bertz CT molecular complexity index is 641. The fourth-order valence-corrected chi connectivity index (χ4v) is 3.60. The number of esters is 1. The predicted octanol–water partition coefficient (Wildman–Crippen LogP) is 3.62. The second kappa shape index (κ2) is 9.92. The lowest BCUT2D eigenvalue weighted by molar-refractivity contribution is -0.150. The molecule has 1 N–H and O–H groups in total. The number of thiocarbonyl (C=S) groups is 1. The Labute approximate surface area is 164 Å². The van der Waals surface area contributed by atoms with Gasteiger partial charge in [0.1, 0.15) is 4.32 Å². The van der Waals surface area contributed by atoms with Gasteiger partial charge in [-0.15, -0.1) is 0 Å². The molecule has 1 saturated heterocycles. The summed E-state index contributed by atoms with van der Waals surface area (Å²) in [5.41, 5.74) is 1.79. The number of amides is 1. The first-order valence-corrected chi connectivity index (χ1v) is 10.2. The van der Waals surface area contributed by atoms with Gasteiger partial charge in [-0.1, -0.05) is 48.6 Å². The van der Waals surface area contributed by atoms with Gasteiger partial charge in [0, 0.05) is 18.8 Å². The van der Waals surface area contributed by atoms with Crippen LogP contribution >= 0.6 is 24.0 Å². The molecular formula is C19H26N2O3S2. The van der Waals surface area contributed by atoms with Crippen molar-refractivity contribution in [1.82, 2.24) is 4.90 Å². The molecular weight excluding hydrogens is 368 g/mol. The largest absolute Gasteiger partial charge is 0.452 e. The molecule has 0 aromatic heterocycles. The molecule has 1 aromatic rings. The van der Waals surface area contributed by atoms with E-state index in [4.69, 9.17) is 17.0 Å². The number of piperidine rings is 1. The van der Waals surface area contributed by atoms with Crippen LogP contribution in [0.15, 0.2) is 24.3 Å². The number of hydrogen-bond acceptors (Lipinski definition) is 5. The number of likely N-dealkylation sites (tertiary alicyclic amines) is 1. The Morgan fingerprint density at radius 1 is 1.31 bits per heavy atom. The second-order valence-electron chi connectivity index (χ2n) is 6.71. The normalized spacial score (nSPS) is 16.0. The lowest BCUT2D eigenvalue weighted by atomic mass is 10.00. The molecule has 1 aromatic carbocycles. The Morgan fingerprint density at radius 2 is 1.92 bits per heavy atom. The summed E-state index contributed by atoms with van der Waals surface area (Å²) < 4.78 is 5.94. The number of anilines is 1. The summed E-state index contributed by atoms with van der Waals surface area (Å²) in [7, 11) is 0.